The molecule has 2 fully saturated rings. The average Bonchev–Trinajstić information content (AvgIpc) is 2.72. The van der Waals surface area contributed by atoms with E-state index in [1.807, 2.05) is 19.2 Å². The number of halogens is 2. The fourth-order valence-corrected chi connectivity index (χ4v) is 4.33. The zero-order valence-corrected chi connectivity index (χ0v) is 20.0. The molecule has 1 aromatic rings. The van der Waals surface area contributed by atoms with Crippen molar-refractivity contribution in [1.82, 2.24) is 15.5 Å². The molecule has 0 atom stereocenters. The number of hydrogen-bond donors (Lipinski definition) is 2. The minimum absolute atomic E-state index is 0. The van der Waals surface area contributed by atoms with E-state index >= 15 is 0 Å². The molecule has 0 aromatic heterocycles. The van der Waals surface area contributed by atoms with E-state index in [-0.39, 0.29) is 29.4 Å². The van der Waals surface area contributed by atoms with Crippen molar-refractivity contribution in [2.75, 3.05) is 53.0 Å². The minimum atomic E-state index is 0. The highest BCUT2D eigenvalue weighted by molar-refractivity contribution is 14.0. The van der Waals surface area contributed by atoms with Crippen molar-refractivity contribution >= 4 is 41.5 Å². The predicted octanol–water partition coefficient (Wildman–Crippen LogP) is 3.66. The van der Waals surface area contributed by atoms with Gasteiger partial charge in [0.1, 0.15) is 0 Å². The molecule has 3 rings (SSSR count). The molecule has 28 heavy (non-hydrogen) atoms. The first-order valence-corrected chi connectivity index (χ1v) is 10.6. The summed E-state index contributed by atoms with van der Waals surface area (Å²) in [4.78, 5) is 6.95. The first-order valence-electron chi connectivity index (χ1n) is 10.2. The largest absolute Gasteiger partial charge is 0.381 e. The van der Waals surface area contributed by atoms with Crippen molar-refractivity contribution in [1.29, 1.82) is 0 Å². The number of nitrogens with zero attached hydrogens (tertiary/aromatic N) is 2. The highest BCUT2D eigenvalue weighted by atomic mass is 127. The van der Waals surface area contributed by atoms with Crippen molar-refractivity contribution in [2.24, 2.45) is 4.99 Å². The molecule has 1 aromatic carbocycles. The number of benzene rings is 1. The third-order valence-corrected chi connectivity index (χ3v) is 6.11. The molecule has 2 aliphatic rings. The second-order valence-corrected chi connectivity index (χ2v) is 8.09. The van der Waals surface area contributed by atoms with Crippen molar-refractivity contribution in [2.45, 2.75) is 37.5 Å². The van der Waals surface area contributed by atoms with Crippen LogP contribution in [0.5, 0.6) is 0 Å². The van der Waals surface area contributed by atoms with Gasteiger partial charge in [-0.3, -0.25) is 4.99 Å². The molecule has 2 aliphatic heterocycles. The summed E-state index contributed by atoms with van der Waals surface area (Å²) < 4.78 is 5.63. The van der Waals surface area contributed by atoms with E-state index in [1.54, 1.807) is 0 Å². The van der Waals surface area contributed by atoms with Gasteiger partial charge in [0, 0.05) is 50.3 Å². The molecule has 0 amide bonds. The van der Waals surface area contributed by atoms with Crippen LogP contribution >= 0.6 is 35.6 Å². The van der Waals surface area contributed by atoms with Gasteiger partial charge in [-0.25, -0.2) is 0 Å². The Morgan fingerprint density at radius 1 is 1.18 bits per heavy atom. The van der Waals surface area contributed by atoms with Gasteiger partial charge in [-0.2, -0.15) is 0 Å². The summed E-state index contributed by atoms with van der Waals surface area (Å²) in [6, 6.07) is 8.26. The first-order chi connectivity index (χ1) is 13.2. The highest BCUT2D eigenvalue weighted by Gasteiger charge is 2.34. The smallest absolute Gasteiger partial charge is 0.191 e. The van der Waals surface area contributed by atoms with Crippen molar-refractivity contribution in [3.8, 4) is 0 Å². The molecule has 2 saturated heterocycles. The summed E-state index contributed by atoms with van der Waals surface area (Å²) >= 11 is 6.27. The summed E-state index contributed by atoms with van der Waals surface area (Å²) in [5.74, 6) is 0.875. The van der Waals surface area contributed by atoms with E-state index in [2.05, 4.69) is 32.7 Å². The third kappa shape index (κ3) is 6.75. The molecule has 0 unspecified atom stereocenters. The van der Waals surface area contributed by atoms with E-state index in [9.17, 15) is 0 Å². The fourth-order valence-electron chi connectivity index (χ4n) is 4.14. The van der Waals surface area contributed by atoms with E-state index in [4.69, 9.17) is 16.3 Å². The average molecular weight is 521 g/mol. The first kappa shape index (κ1) is 23.7. The van der Waals surface area contributed by atoms with Gasteiger partial charge in [0.15, 0.2) is 5.96 Å². The number of ether oxygens (including phenoxy) is 1. The SMILES string of the molecule is CN=C(NCCN1CCCCC1)NCC1(c2cccc(Cl)c2)CCOCC1.I. The molecule has 0 spiro atoms. The molecule has 7 heteroatoms. The summed E-state index contributed by atoms with van der Waals surface area (Å²) in [6.07, 6.45) is 6.02. The minimum Gasteiger partial charge on any atom is -0.381 e. The monoisotopic (exact) mass is 520 g/mol. The zero-order chi connectivity index (χ0) is 19.0. The number of rotatable bonds is 6. The Balaban J connectivity index is 0.00000280. The molecular weight excluding hydrogens is 487 g/mol. The van der Waals surface area contributed by atoms with Crippen molar-refractivity contribution in [3.05, 3.63) is 34.9 Å². The molecule has 2 heterocycles. The maximum Gasteiger partial charge on any atom is 0.191 e. The lowest BCUT2D eigenvalue weighted by Gasteiger charge is -2.38. The van der Waals surface area contributed by atoms with Crippen LogP contribution in [-0.2, 0) is 10.2 Å². The van der Waals surface area contributed by atoms with Crippen molar-refractivity contribution < 1.29 is 4.74 Å². The van der Waals surface area contributed by atoms with Crippen LogP contribution in [0.25, 0.3) is 0 Å². The van der Waals surface area contributed by atoms with Gasteiger partial charge < -0.3 is 20.3 Å². The number of nitrogens with one attached hydrogen (secondary N) is 2. The molecule has 0 bridgehead atoms. The summed E-state index contributed by atoms with van der Waals surface area (Å²) in [5, 5.41) is 7.83. The van der Waals surface area contributed by atoms with Gasteiger partial charge in [-0.1, -0.05) is 30.2 Å². The van der Waals surface area contributed by atoms with Gasteiger partial charge >= 0.3 is 0 Å². The molecule has 0 saturated carbocycles. The quantitative estimate of drug-likeness (QED) is 0.342. The van der Waals surface area contributed by atoms with Crippen LogP contribution in [-0.4, -0.2) is 63.8 Å². The normalized spacial score (nSPS) is 20.3. The van der Waals surface area contributed by atoms with Crippen LogP contribution in [0.15, 0.2) is 29.3 Å². The molecule has 158 valence electrons. The fraction of sp³-hybridized carbons (Fsp3) is 0.667. The van der Waals surface area contributed by atoms with Crippen molar-refractivity contribution in [3.63, 3.8) is 0 Å². The van der Waals surface area contributed by atoms with Gasteiger partial charge in [0.2, 0.25) is 0 Å². The van der Waals surface area contributed by atoms with Crippen LogP contribution in [0, 0.1) is 0 Å². The van der Waals surface area contributed by atoms with E-state index in [0.717, 1.165) is 56.7 Å². The molecular formula is C21H34ClIN4O. The highest BCUT2D eigenvalue weighted by Crippen LogP contribution is 2.35. The lowest BCUT2D eigenvalue weighted by atomic mass is 9.74. The maximum absolute atomic E-state index is 6.27. The van der Waals surface area contributed by atoms with Gasteiger partial charge in [0.05, 0.1) is 0 Å². The standard InChI is InChI=1S/C21H33ClN4O.HI/c1-23-20(24-10-13-26-11-3-2-4-12-26)25-17-21(8-14-27-15-9-21)18-6-5-7-19(22)16-18;/h5-7,16H,2-4,8-15,17H2,1H3,(H2,23,24,25);1H. The number of piperidine rings is 1. The van der Waals surface area contributed by atoms with Crippen LogP contribution < -0.4 is 10.6 Å². The topological polar surface area (TPSA) is 48.9 Å². The van der Waals surface area contributed by atoms with Crippen LogP contribution in [0.1, 0.15) is 37.7 Å². The number of hydrogen-bond acceptors (Lipinski definition) is 3. The van der Waals surface area contributed by atoms with Gasteiger partial charge in [-0.15, -0.1) is 24.0 Å². The Kier molecular flexibility index (Phi) is 10.3. The van der Waals surface area contributed by atoms with Gasteiger partial charge in [0.25, 0.3) is 0 Å². The van der Waals surface area contributed by atoms with Crippen LogP contribution in [0.3, 0.4) is 0 Å². The Morgan fingerprint density at radius 3 is 2.61 bits per heavy atom. The second-order valence-electron chi connectivity index (χ2n) is 7.66. The summed E-state index contributed by atoms with van der Waals surface area (Å²) in [7, 11) is 1.84. The Morgan fingerprint density at radius 2 is 1.93 bits per heavy atom. The zero-order valence-electron chi connectivity index (χ0n) is 16.9. The molecule has 5 nitrogen and oxygen atoms in total. The summed E-state index contributed by atoms with van der Waals surface area (Å²) in [5.41, 5.74) is 1.32. The lowest BCUT2D eigenvalue weighted by Crippen LogP contribution is -2.49. The van der Waals surface area contributed by atoms with Crippen LogP contribution in [0.4, 0.5) is 0 Å². The summed E-state index contributed by atoms with van der Waals surface area (Å²) in [6.45, 7) is 6.86. The third-order valence-electron chi connectivity index (χ3n) is 5.87. The maximum atomic E-state index is 6.27. The van der Waals surface area contributed by atoms with Gasteiger partial charge in [-0.05, 0) is 56.5 Å². The molecule has 0 aliphatic carbocycles. The predicted molar refractivity (Wildman–Crippen MR) is 128 cm³/mol. The molecule has 0 radical (unpaired) electrons. The Hall–Kier alpha value is -0.570. The Labute approximate surface area is 191 Å². The second kappa shape index (κ2) is 12.2. The molecule has 2 N–H and O–H groups in total. The number of likely N-dealkylation sites (tertiary alicyclic amines) is 1. The number of aliphatic imine (C=N–C) groups is 1. The Bertz CT molecular complexity index is 616. The lowest BCUT2D eigenvalue weighted by molar-refractivity contribution is 0.0514. The van der Waals surface area contributed by atoms with E-state index in [1.165, 1.54) is 37.9 Å². The van der Waals surface area contributed by atoms with Crippen LogP contribution in [0.2, 0.25) is 5.02 Å². The number of guanidine groups is 1. The van der Waals surface area contributed by atoms with E-state index < -0.39 is 0 Å². The van der Waals surface area contributed by atoms with E-state index in [0.29, 0.717) is 0 Å².